The van der Waals surface area contributed by atoms with E-state index in [0.717, 1.165) is 4.90 Å². The van der Waals surface area contributed by atoms with Gasteiger partial charge in [0.25, 0.3) is 5.91 Å². The van der Waals surface area contributed by atoms with Gasteiger partial charge in [0.05, 0.1) is 19.4 Å². The Bertz CT molecular complexity index is 667. The molecule has 4 nitrogen and oxygen atoms in total. The number of hydrogen-bond acceptors (Lipinski definition) is 3. The molecule has 0 aliphatic carbocycles. The quantitative estimate of drug-likeness (QED) is 0.797. The van der Waals surface area contributed by atoms with E-state index >= 15 is 0 Å². The lowest BCUT2D eigenvalue weighted by atomic mass is 10.1. The van der Waals surface area contributed by atoms with Crippen LogP contribution in [-0.4, -0.2) is 42.8 Å². The molecule has 2 aliphatic rings. The average Bonchev–Trinajstić information content (AvgIpc) is 2.75. The van der Waals surface area contributed by atoms with Crippen molar-refractivity contribution in [2.75, 3.05) is 19.7 Å². The number of carbonyl (C=O) groups is 1. The molecule has 1 fully saturated rings. The zero-order valence-electron chi connectivity index (χ0n) is 12.0. The summed E-state index contributed by atoms with van der Waals surface area (Å²) in [6.45, 7) is -0.519. The van der Waals surface area contributed by atoms with Crippen LogP contribution in [0.15, 0.2) is 42.2 Å². The maximum Gasteiger partial charge on any atom is 0.416 e. The molecular formula is C16H14F3NO3. The third kappa shape index (κ3) is 3.39. The number of morpholine rings is 1. The molecule has 0 radical (unpaired) electrons. The first-order chi connectivity index (χ1) is 10.9. The largest absolute Gasteiger partial charge is 0.464 e. The predicted molar refractivity (Wildman–Crippen MR) is 76.6 cm³/mol. The van der Waals surface area contributed by atoms with E-state index in [1.165, 1.54) is 12.3 Å². The molecule has 1 saturated heterocycles. The van der Waals surface area contributed by atoms with Crippen molar-refractivity contribution in [3.05, 3.63) is 47.7 Å². The number of fused-ring (bicyclic) bond motifs is 1. The summed E-state index contributed by atoms with van der Waals surface area (Å²) in [6.07, 6.45) is -2.00. The van der Waals surface area contributed by atoms with Gasteiger partial charge in [0.15, 0.2) is 6.10 Å². The van der Waals surface area contributed by atoms with Crippen molar-refractivity contribution in [2.24, 2.45) is 0 Å². The summed E-state index contributed by atoms with van der Waals surface area (Å²) in [6, 6.07) is 7.11. The lowest BCUT2D eigenvalue weighted by Gasteiger charge is -2.34. The van der Waals surface area contributed by atoms with Gasteiger partial charge in [-0.3, -0.25) is 4.79 Å². The van der Waals surface area contributed by atoms with Gasteiger partial charge < -0.3 is 14.4 Å². The van der Waals surface area contributed by atoms with Crippen LogP contribution in [0.25, 0.3) is 6.08 Å². The van der Waals surface area contributed by atoms with E-state index in [9.17, 15) is 18.0 Å². The summed E-state index contributed by atoms with van der Waals surface area (Å²) in [5.74, 6) is 0.112. The highest BCUT2D eigenvalue weighted by molar-refractivity contribution is 6.01. The number of ether oxygens (including phenoxy) is 2. The molecule has 0 spiro atoms. The molecule has 0 unspecified atom stereocenters. The minimum absolute atomic E-state index is 0.124. The van der Waals surface area contributed by atoms with E-state index < -0.39 is 24.7 Å². The fourth-order valence-electron chi connectivity index (χ4n) is 2.45. The maximum absolute atomic E-state index is 12.8. The van der Waals surface area contributed by atoms with Crippen LogP contribution in [0.4, 0.5) is 13.2 Å². The lowest BCUT2D eigenvalue weighted by Crippen LogP contribution is -2.51. The normalized spacial score (nSPS) is 21.1. The van der Waals surface area contributed by atoms with E-state index in [2.05, 4.69) is 0 Å². The van der Waals surface area contributed by atoms with Gasteiger partial charge in [-0.25, -0.2) is 0 Å². The summed E-state index contributed by atoms with van der Waals surface area (Å²) >= 11 is 0. The van der Waals surface area contributed by atoms with Gasteiger partial charge in [0, 0.05) is 17.7 Å². The van der Waals surface area contributed by atoms with Crippen LogP contribution in [0.1, 0.15) is 5.56 Å². The zero-order chi connectivity index (χ0) is 16.4. The molecule has 1 atom stereocenters. The van der Waals surface area contributed by atoms with Crippen molar-refractivity contribution < 1.29 is 27.4 Å². The molecule has 0 saturated carbocycles. The fraction of sp³-hybridized carbons (Fsp3) is 0.312. The number of para-hydroxylation sites is 1. The van der Waals surface area contributed by atoms with Crippen LogP contribution in [0.3, 0.4) is 0 Å². The molecule has 1 aromatic rings. The van der Waals surface area contributed by atoms with Crippen molar-refractivity contribution in [3.63, 3.8) is 0 Å². The fourth-order valence-corrected chi connectivity index (χ4v) is 2.45. The van der Waals surface area contributed by atoms with Gasteiger partial charge in [0.1, 0.15) is 5.75 Å². The molecule has 7 heteroatoms. The van der Waals surface area contributed by atoms with Crippen molar-refractivity contribution in [3.8, 4) is 5.75 Å². The van der Waals surface area contributed by atoms with Gasteiger partial charge in [-0.15, -0.1) is 0 Å². The number of halogens is 3. The van der Waals surface area contributed by atoms with Gasteiger partial charge in [-0.1, -0.05) is 18.2 Å². The third-order valence-electron chi connectivity index (χ3n) is 3.64. The second-order valence-corrected chi connectivity index (χ2v) is 5.21. The van der Waals surface area contributed by atoms with Crippen molar-refractivity contribution in [1.82, 2.24) is 4.90 Å². The van der Waals surface area contributed by atoms with Gasteiger partial charge in [0.2, 0.25) is 0 Å². The highest BCUT2D eigenvalue weighted by Crippen LogP contribution is 2.28. The van der Waals surface area contributed by atoms with Crippen LogP contribution < -0.4 is 4.74 Å². The summed E-state index contributed by atoms with van der Waals surface area (Å²) in [5, 5.41) is 0. The highest BCUT2D eigenvalue weighted by Gasteiger charge is 2.44. The Morgan fingerprint density at radius 1 is 1.26 bits per heavy atom. The molecular weight excluding hydrogens is 311 g/mol. The van der Waals surface area contributed by atoms with E-state index in [-0.39, 0.29) is 18.7 Å². The molecule has 0 aromatic heterocycles. The molecule has 2 heterocycles. The number of hydrogen-bond donors (Lipinski definition) is 0. The molecule has 1 aromatic carbocycles. The Labute approximate surface area is 130 Å². The second kappa shape index (κ2) is 6.08. The standard InChI is InChI=1S/C16H14F3NO3/c17-16(18,19)14-10-20(6-8-23-14)15(21)12-5-7-22-13-4-2-1-3-11(13)9-12/h1-5,7,9,14H,6,8,10H2/t14-/m0/s1. The SMILES string of the molecule is O=C(C1=Cc2ccccc2OC=C1)N1CCO[C@H](C(F)(F)F)C1. The van der Waals surface area contributed by atoms with Crippen molar-refractivity contribution in [2.45, 2.75) is 12.3 Å². The summed E-state index contributed by atoms with van der Waals surface area (Å²) in [4.78, 5) is 13.7. The highest BCUT2D eigenvalue weighted by atomic mass is 19.4. The van der Waals surface area contributed by atoms with E-state index in [0.29, 0.717) is 11.3 Å². The minimum Gasteiger partial charge on any atom is -0.464 e. The Balaban J connectivity index is 1.81. The van der Waals surface area contributed by atoms with Crippen LogP contribution >= 0.6 is 0 Å². The number of alkyl halides is 3. The smallest absolute Gasteiger partial charge is 0.416 e. The topological polar surface area (TPSA) is 38.8 Å². The Morgan fingerprint density at radius 2 is 2.04 bits per heavy atom. The number of rotatable bonds is 1. The average molecular weight is 325 g/mol. The first-order valence-electron chi connectivity index (χ1n) is 7.06. The van der Waals surface area contributed by atoms with Gasteiger partial charge in [-0.05, 0) is 18.2 Å². The molecule has 0 bridgehead atoms. The predicted octanol–water partition coefficient (Wildman–Crippen LogP) is 2.77. The Kier molecular flexibility index (Phi) is 4.12. The first-order valence-corrected chi connectivity index (χ1v) is 7.06. The maximum atomic E-state index is 12.8. The van der Waals surface area contributed by atoms with Gasteiger partial charge in [-0.2, -0.15) is 13.2 Å². The summed E-state index contributed by atoms with van der Waals surface area (Å²) in [5.41, 5.74) is 0.972. The van der Waals surface area contributed by atoms with E-state index in [1.54, 1.807) is 30.3 Å². The van der Waals surface area contributed by atoms with Crippen LogP contribution in [0.2, 0.25) is 0 Å². The molecule has 122 valence electrons. The number of carbonyl (C=O) groups excluding carboxylic acids is 1. The summed E-state index contributed by atoms with van der Waals surface area (Å²) in [7, 11) is 0. The second-order valence-electron chi connectivity index (χ2n) is 5.21. The molecule has 23 heavy (non-hydrogen) atoms. The monoisotopic (exact) mass is 325 g/mol. The Morgan fingerprint density at radius 3 is 2.83 bits per heavy atom. The third-order valence-corrected chi connectivity index (χ3v) is 3.64. The number of amides is 1. The van der Waals surface area contributed by atoms with E-state index in [4.69, 9.17) is 9.47 Å². The minimum atomic E-state index is -4.48. The van der Waals surface area contributed by atoms with Crippen LogP contribution in [0.5, 0.6) is 5.75 Å². The number of nitrogens with zero attached hydrogens (tertiary/aromatic N) is 1. The molecule has 3 rings (SSSR count). The molecule has 2 aliphatic heterocycles. The van der Waals surface area contributed by atoms with Crippen molar-refractivity contribution >= 4 is 12.0 Å². The molecule has 1 amide bonds. The Hall–Kier alpha value is -2.28. The lowest BCUT2D eigenvalue weighted by molar-refractivity contribution is -0.235. The van der Waals surface area contributed by atoms with Gasteiger partial charge >= 0.3 is 6.18 Å². The molecule has 0 N–H and O–H groups in total. The summed E-state index contributed by atoms with van der Waals surface area (Å²) < 4.78 is 48.4. The number of benzene rings is 1. The van der Waals surface area contributed by atoms with Crippen LogP contribution in [0, 0.1) is 0 Å². The van der Waals surface area contributed by atoms with Crippen LogP contribution in [-0.2, 0) is 9.53 Å². The van der Waals surface area contributed by atoms with Crippen molar-refractivity contribution in [1.29, 1.82) is 0 Å². The zero-order valence-corrected chi connectivity index (χ0v) is 12.0. The first kappa shape index (κ1) is 15.6. The van der Waals surface area contributed by atoms with E-state index in [1.807, 2.05) is 0 Å².